The van der Waals surface area contributed by atoms with Crippen LogP contribution in [0.3, 0.4) is 0 Å². The number of carbonyl (C=O) groups is 1. The van der Waals surface area contributed by atoms with Gasteiger partial charge in [-0.3, -0.25) is 4.79 Å². The van der Waals surface area contributed by atoms with Gasteiger partial charge in [0.25, 0.3) is 0 Å². The molecule has 1 aliphatic carbocycles. The Balaban J connectivity index is 2.78. The molecule has 0 saturated heterocycles. The Morgan fingerprint density at radius 2 is 2.25 bits per heavy atom. The highest BCUT2D eigenvalue weighted by atomic mass is 16.5. The molecular weight excluding hydrogens is 204 g/mol. The van der Waals surface area contributed by atoms with Gasteiger partial charge in [0.05, 0.1) is 19.6 Å². The number of esters is 1. The van der Waals surface area contributed by atoms with Crippen molar-refractivity contribution in [1.82, 2.24) is 0 Å². The van der Waals surface area contributed by atoms with Crippen molar-refractivity contribution in [2.75, 3.05) is 20.8 Å². The summed E-state index contributed by atoms with van der Waals surface area (Å²) in [6, 6.07) is 0. The van der Waals surface area contributed by atoms with Crippen LogP contribution in [-0.2, 0) is 14.3 Å². The van der Waals surface area contributed by atoms with E-state index in [4.69, 9.17) is 9.47 Å². The maximum atomic E-state index is 11.7. The first-order valence-electron chi connectivity index (χ1n) is 5.96. The SMILES string of the molecule is C/C=C1\CCCCC1C(COC)C(=O)OC. The molecule has 2 atom stereocenters. The van der Waals surface area contributed by atoms with Gasteiger partial charge in [0.1, 0.15) is 0 Å². The van der Waals surface area contributed by atoms with E-state index in [0.717, 1.165) is 12.8 Å². The number of hydrogen-bond donors (Lipinski definition) is 0. The molecule has 0 N–H and O–H groups in total. The summed E-state index contributed by atoms with van der Waals surface area (Å²) in [6.07, 6.45) is 6.76. The summed E-state index contributed by atoms with van der Waals surface area (Å²) < 4.78 is 10.0. The van der Waals surface area contributed by atoms with E-state index in [1.54, 1.807) is 7.11 Å². The Morgan fingerprint density at radius 3 is 2.81 bits per heavy atom. The van der Waals surface area contributed by atoms with Crippen LogP contribution in [-0.4, -0.2) is 26.8 Å². The quantitative estimate of drug-likeness (QED) is 0.546. The van der Waals surface area contributed by atoms with Crippen LogP contribution in [0.25, 0.3) is 0 Å². The fourth-order valence-corrected chi connectivity index (χ4v) is 2.56. The normalized spacial score (nSPS) is 25.4. The van der Waals surface area contributed by atoms with Crippen LogP contribution in [0.4, 0.5) is 0 Å². The van der Waals surface area contributed by atoms with Crippen molar-refractivity contribution in [2.24, 2.45) is 11.8 Å². The van der Waals surface area contributed by atoms with Crippen molar-refractivity contribution in [3.63, 3.8) is 0 Å². The van der Waals surface area contributed by atoms with E-state index >= 15 is 0 Å². The van der Waals surface area contributed by atoms with Crippen molar-refractivity contribution in [1.29, 1.82) is 0 Å². The Bertz CT molecular complexity index is 258. The Hall–Kier alpha value is -0.830. The topological polar surface area (TPSA) is 35.5 Å². The number of allylic oxidation sites excluding steroid dienone is 2. The Kier molecular flexibility index (Phi) is 5.53. The van der Waals surface area contributed by atoms with E-state index in [0.29, 0.717) is 12.5 Å². The summed E-state index contributed by atoms with van der Waals surface area (Å²) in [5.41, 5.74) is 1.39. The van der Waals surface area contributed by atoms with E-state index in [1.165, 1.54) is 25.5 Å². The summed E-state index contributed by atoms with van der Waals surface area (Å²) in [7, 11) is 3.08. The van der Waals surface area contributed by atoms with Gasteiger partial charge in [-0.15, -0.1) is 0 Å². The van der Waals surface area contributed by atoms with Gasteiger partial charge in [-0.25, -0.2) is 0 Å². The number of carbonyl (C=O) groups excluding carboxylic acids is 1. The summed E-state index contributed by atoms with van der Waals surface area (Å²) in [5, 5.41) is 0. The second-order valence-electron chi connectivity index (χ2n) is 4.30. The molecule has 92 valence electrons. The van der Waals surface area contributed by atoms with Gasteiger partial charge < -0.3 is 9.47 Å². The predicted molar refractivity (Wildman–Crippen MR) is 63.1 cm³/mol. The highest BCUT2D eigenvalue weighted by Crippen LogP contribution is 2.35. The van der Waals surface area contributed by atoms with Crippen LogP contribution in [0.15, 0.2) is 11.6 Å². The summed E-state index contributed by atoms with van der Waals surface area (Å²) in [4.78, 5) is 11.7. The van der Waals surface area contributed by atoms with Crippen LogP contribution in [0.5, 0.6) is 0 Å². The van der Waals surface area contributed by atoms with Gasteiger partial charge in [0, 0.05) is 7.11 Å². The van der Waals surface area contributed by atoms with E-state index < -0.39 is 0 Å². The molecule has 0 spiro atoms. The molecule has 1 aliphatic rings. The molecule has 1 rings (SSSR count). The third kappa shape index (κ3) is 3.08. The second-order valence-corrected chi connectivity index (χ2v) is 4.30. The first-order chi connectivity index (χ1) is 7.74. The van der Waals surface area contributed by atoms with Crippen LogP contribution in [0.2, 0.25) is 0 Å². The smallest absolute Gasteiger partial charge is 0.311 e. The molecular formula is C13H22O3. The molecule has 0 aliphatic heterocycles. The summed E-state index contributed by atoms with van der Waals surface area (Å²) in [5.74, 6) is 0.0285. The third-order valence-corrected chi connectivity index (χ3v) is 3.41. The van der Waals surface area contributed by atoms with Crippen molar-refractivity contribution >= 4 is 5.97 Å². The van der Waals surface area contributed by atoms with Crippen molar-refractivity contribution in [3.05, 3.63) is 11.6 Å². The first-order valence-corrected chi connectivity index (χ1v) is 5.96. The molecule has 1 fully saturated rings. The van der Waals surface area contributed by atoms with E-state index in [2.05, 4.69) is 13.0 Å². The predicted octanol–water partition coefficient (Wildman–Crippen LogP) is 2.56. The highest BCUT2D eigenvalue weighted by Gasteiger charge is 2.32. The Morgan fingerprint density at radius 1 is 1.50 bits per heavy atom. The van der Waals surface area contributed by atoms with Crippen LogP contribution in [0.1, 0.15) is 32.6 Å². The summed E-state index contributed by atoms with van der Waals surface area (Å²) in [6.45, 7) is 2.50. The van der Waals surface area contributed by atoms with E-state index in [-0.39, 0.29) is 11.9 Å². The maximum absolute atomic E-state index is 11.7. The molecule has 0 heterocycles. The standard InChI is InChI=1S/C13H22O3/c1-4-10-7-5-6-8-11(10)12(9-15-2)13(14)16-3/h4,11-12H,5-9H2,1-3H3/b10-4+. The lowest BCUT2D eigenvalue weighted by Crippen LogP contribution is -2.31. The lowest BCUT2D eigenvalue weighted by Gasteiger charge is -2.30. The van der Waals surface area contributed by atoms with Gasteiger partial charge in [-0.2, -0.15) is 0 Å². The fraction of sp³-hybridized carbons (Fsp3) is 0.769. The van der Waals surface area contributed by atoms with Crippen LogP contribution < -0.4 is 0 Å². The molecule has 0 amide bonds. The molecule has 16 heavy (non-hydrogen) atoms. The second kappa shape index (κ2) is 6.69. The molecule has 0 radical (unpaired) electrons. The minimum atomic E-state index is -0.145. The lowest BCUT2D eigenvalue weighted by atomic mass is 9.76. The molecule has 1 saturated carbocycles. The number of rotatable bonds is 4. The number of ether oxygens (including phenoxy) is 2. The van der Waals surface area contributed by atoms with Gasteiger partial charge in [-0.1, -0.05) is 18.1 Å². The van der Waals surface area contributed by atoms with Crippen molar-refractivity contribution < 1.29 is 14.3 Å². The average Bonchev–Trinajstić information content (AvgIpc) is 2.35. The average molecular weight is 226 g/mol. The Labute approximate surface area is 97.8 Å². The molecule has 3 nitrogen and oxygen atoms in total. The van der Waals surface area contributed by atoms with E-state index in [1.807, 2.05) is 0 Å². The van der Waals surface area contributed by atoms with Crippen LogP contribution in [0, 0.1) is 11.8 Å². The zero-order valence-electron chi connectivity index (χ0n) is 10.5. The van der Waals surface area contributed by atoms with Gasteiger partial charge in [-0.05, 0) is 32.1 Å². The zero-order valence-corrected chi connectivity index (χ0v) is 10.5. The molecule has 0 aromatic carbocycles. The third-order valence-electron chi connectivity index (χ3n) is 3.41. The van der Waals surface area contributed by atoms with Gasteiger partial charge in [0.2, 0.25) is 0 Å². The molecule has 0 aromatic rings. The zero-order chi connectivity index (χ0) is 12.0. The highest BCUT2D eigenvalue weighted by molar-refractivity contribution is 5.73. The van der Waals surface area contributed by atoms with Gasteiger partial charge >= 0.3 is 5.97 Å². The van der Waals surface area contributed by atoms with E-state index in [9.17, 15) is 4.79 Å². The number of hydrogen-bond acceptors (Lipinski definition) is 3. The van der Waals surface area contributed by atoms with Crippen molar-refractivity contribution in [3.8, 4) is 0 Å². The van der Waals surface area contributed by atoms with Crippen LogP contribution >= 0.6 is 0 Å². The molecule has 0 aromatic heterocycles. The number of methoxy groups -OCH3 is 2. The molecule has 2 unspecified atom stereocenters. The van der Waals surface area contributed by atoms with Crippen molar-refractivity contribution in [2.45, 2.75) is 32.6 Å². The maximum Gasteiger partial charge on any atom is 0.311 e. The molecule has 0 bridgehead atoms. The summed E-state index contributed by atoms with van der Waals surface area (Å²) >= 11 is 0. The first kappa shape index (κ1) is 13.2. The lowest BCUT2D eigenvalue weighted by molar-refractivity contribution is -0.149. The fourth-order valence-electron chi connectivity index (χ4n) is 2.56. The molecule has 3 heteroatoms. The minimum absolute atomic E-state index is 0.138. The largest absolute Gasteiger partial charge is 0.469 e. The monoisotopic (exact) mass is 226 g/mol. The minimum Gasteiger partial charge on any atom is -0.469 e. The van der Waals surface area contributed by atoms with Gasteiger partial charge in [0.15, 0.2) is 0 Å².